The van der Waals surface area contributed by atoms with E-state index in [1.54, 1.807) is 31.4 Å². The first-order valence-corrected chi connectivity index (χ1v) is 8.04. The van der Waals surface area contributed by atoms with Crippen molar-refractivity contribution in [1.82, 2.24) is 4.90 Å². The standard InChI is InChI=1S/C18H20N2O4/c1-24-13-8-6-12(7-9-13)19-16(21)10-11-20-17(22)14-4-2-3-5-15(14)18(20)23/h2-3,6-9,14-15H,4-5,10-11H2,1H3,(H,19,21)/t14-,15-/m0/s1. The third kappa shape index (κ3) is 3.18. The fraction of sp³-hybridized carbons (Fsp3) is 0.389. The molecule has 1 saturated heterocycles. The fourth-order valence-corrected chi connectivity index (χ4v) is 3.20. The number of nitrogens with one attached hydrogen (secondary N) is 1. The van der Waals surface area contributed by atoms with E-state index >= 15 is 0 Å². The van der Waals surface area contributed by atoms with E-state index < -0.39 is 0 Å². The highest BCUT2D eigenvalue weighted by Crippen LogP contribution is 2.35. The van der Waals surface area contributed by atoms with Gasteiger partial charge in [-0.3, -0.25) is 19.3 Å². The number of fused-ring (bicyclic) bond motifs is 1. The zero-order valence-corrected chi connectivity index (χ0v) is 13.5. The molecule has 1 N–H and O–H groups in total. The van der Waals surface area contributed by atoms with Gasteiger partial charge in [-0.1, -0.05) is 12.2 Å². The highest BCUT2D eigenvalue weighted by molar-refractivity contribution is 6.05. The number of allylic oxidation sites excluding steroid dienone is 2. The second-order valence-electron chi connectivity index (χ2n) is 6.01. The second kappa shape index (κ2) is 6.86. The Bertz CT molecular complexity index is 655. The highest BCUT2D eigenvalue weighted by atomic mass is 16.5. The normalized spacial score (nSPS) is 22.5. The van der Waals surface area contributed by atoms with Crippen LogP contribution in [0.5, 0.6) is 5.75 Å². The lowest BCUT2D eigenvalue weighted by atomic mass is 9.85. The molecule has 3 amide bonds. The summed E-state index contributed by atoms with van der Waals surface area (Å²) >= 11 is 0. The molecule has 1 fully saturated rings. The van der Waals surface area contributed by atoms with Crippen LogP contribution in [0, 0.1) is 11.8 Å². The number of anilines is 1. The first-order chi connectivity index (χ1) is 11.6. The minimum absolute atomic E-state index is 0.0936. The third-order valence-electron chi connectivity index (χ3n) is 4.54. The number of benzene rings is 1. The first kappa shape index (κ1) is 16.2. The maximum Gasteiger partial charge on any atom is 0.233 e. The molecule has 0 aromatic heterocycles. The van der Waals surface area contributed by atoms with Crippen molar-refractivity contribution in [2.75, 3.05) is 19.0 Å². The fourth-order valence-electron chi connectivity index (χ4n) is 3.20. The Morgan fingerprint density at radius 2 is 1.71 bits per heavy atom. The van der Waals surface area contributed by atoms with Crippen LogP contribution >= 0.6 is 0 Å². The van der Waals surface area contributed by atoms with Crippen LogP contribution in [-0.2, 0) is 14.4 Å². The molecular formula is C18H20N2O4. The van der Waals surface area contributed by atoms with Crippen molar-refractivity contribution in [3.63, 3.8) is 0 Å². The number of likely N-dealkylation sites (tertiary alicyclic amines) is 1. The molecule has 2 atom stereocenters. The minimum Gasteiger partial charge on any atom is -0.497 e. The van der Waals surface area contributed by atoms with Crippen molar-refractivity contribution >= 4 is 23.4 Å². The Hall–Kier alpha value is -2.63. The number of carbonyl (C=O) groups is 3. The van der Waals surface area contributed by atoms with E-state index in [1.807, 2.05) is 12.2 Å². The van der Waals surface area contributed by atoms with Crippen LogP contribution in [0.4, 0.5) is 5.69 Å². The van der Waals surface area contributed by atoms with E-state index in [2.05, 4.69) is 5.32 Å². The van der Waals surface area contributed by atoms with Crippen LogP contribution in [0.3, 0.4) is 0 Å². The summed E-state index contributed by atoms with van der Waals surface area (Å²) in [7, 11) is 1.57. The van der Waals surface area contributed by atoms with Gasteiger partial charge in [0.1, 0.15) is 5.75 Å². The predicted octanol–water partition coefficient (Wildman–Crippen LogP) is 1.97. The number of rotatable bonds is 5. The number of nitrogens with zero attached hydrogens (tertiary/aromatic N) is 1. The van der Waals surface area contributed by atoms with Gasteiger partial charge in [0.25, 0.3) is 0 Å². The third-order valence-corrected chi connectivity index (χ3v) is 4.54. The lowest BCUT2D eigenvalue weighted by molar-refractivity contribution is -0.140. The summed E-state index contributed by atoms with van der Waals surface area (Å²) in [4.78, 5) is 37.9. The summed E-state index contributed by atoms with van der Waals surface area (Å²) in [6.07, 6.45) is 5.22. The average molecular weight is 328 g/mol. The zero-order valence-electron chi connectivity index (χ0n) is 13.5. The number of imide groups is 1. The maximum atomic E-state index is 12.3. The number of methoxy groups -OCH3 is 1. The van der Waals surface area contributed by atoms with Crippen molar-refractivity contribution < 1.29 is 19.1 Å². The lowest BCUT2D eigenvalue weighted by Gasteiger charge is -2.14. The molecule has 0 saturated carbocycles. The van der Waals surface area contributed by atoms with Crippen molar-refractivity contribution in [2.45, 2.75) is 19.3 Å². The van der Waals surface area contributed by atoms with Crippen LogP contribution < -0.4 is 10.1 Å². The molecule has 24 heavy (non-hydrogen) atoms. The summed E-state index contributed by atoms with van der Waals surface area (Å²) in [5, 5.41) is 2.75. The topological polar surface area (TPSA) is 75.7 Å². The van der Waals surface area contributed by atoms with Crippen LogP contribution in [0.15, 0.2) is 36.4 Å². The summed E-state index contributed by atoms with van der Waals surface area (Å²) in [5.74, 6) is -0.302. The molecule has 6 heteroatoms. The van der Waals surface area contributed by atoms with Crippen molar-refractivity contribution in [2.24, 2.45) is 11.8 Å². The number of carbonyl (C=O) groups excluding carboxylic acids is 3. The van der Waals surface area contributed by atoms with Gasteiger partial charge in [0.15, 0.2) is 0 Å². The Morgan fingerprint density at radius 3 is 2.25 bits per heavy atom. The number of ether oxygens (including phenoxy) is 1. The van der Waals surface area contributed by atoms with Gasteiger partial charge >= 0.3 is 0 Å². The molecular weight excluding hydrogens is 308 g/mol. The molecule has 0 radical (unpaired) electrons. The Morgan fingerprint density at radius 1 is 1.12 bits per heavy atom. The summed E-state index contributed by atoms with van der Waals surface area (Å²) in [6.45, 7) is 0.132. The van der Waals surface area contributed by atoms with Gasteiger partial charge in [0, 0.05) is 18.7 Å². The summed E-state index contributed by atoms with van der Waals surface area (Å²) in [5.41, 5.74) is 0.651. The molecule has 126 valence electrons. The molecule has 1 heterocycles. The van der Waals surface area contributed by atoms with Crippen molar-refractivity contribution in [3.05, 3.63) is 36.4 Å². The molecule has 0 spiro atoms. The zero-order chi connectivity index (χ0) is 17.1. The quantitative estimate of drug-likeness (QED) is 0.662. The lowest BCUT2D eigenvalue weighted by Crippen LogP contribution is -2.34. The predicted molar refractivity (Wildman–Crippen MR) is 88.3 cm³/mol. The molecule has 1 aromatic rings. The molecule has 6 nitrogen and oxygen atoms in total. The van der Waals surface area contributed by atoms with E-state index in [0.29, 0.717) is 24.3 Å². The molecule has 1 aromatic carbocycles. The molecule has 1 aliphatic carbocycles. The molecule has 1 aliphatic heterocycles. The highest BCUT2D eigenvalue weighted by Gasteiger charge is 2.46. The van der Waals surface area contributed by atoms with Crippen LogP contribution in [0.2, 0.25) is 0 Å². The van der Waals surface area contributed by atoms with E-state index in [-0.39, 0.29) is 42.5 Å². The number of amides is 3. The van der Waals surface area contributed by atoms with Gasteiger partial charge in [0.2, 0.25) is 17.7 Å². The number of hydrogen-bond donors (Lipinski definition) is 1. The van der Waals surface area contributed by atoms with Gasteiger partial charge in [0.05, 0.1) is 18.9 Å². The molecule has 2 aliphatic rings. The Labute approximate surface area is 140 Å². The Balaban J connectivity index is 1.54. The van der Waals surface area contributed by atoms with Gasteiger partial charge < -0.3 is 10.1 Å². The molecule has 0 unspecified atom stereocenters. The monoisotopic (exact) mass is 328 g/mol. The van der Waals surface area contributed by atoms with Crippen molar-refractivity contribution in [1.29, 1.82) is 0 Å². The van der Waals surface area contributed by atoms with E-state index in [0.717, 1.165) is 0 Å². The van der Waals surface area contributed by atoms with Gasteiger partial charge in [-0.25, -0.2) is 0 Å². The second-order valence-corrected chi connectivity index (χ2v) is 6.01. The van der Waals surface area contributed by atoms with Gasteiger partial charge in [-0.15, -0.1) is 0 Å². The van der Waals surface area contributed by atoms with Gasteiger partial charge in [-0.2, -0.15) is 0 Å². The number of hydrogen-bond acceptors (Lipinski definition) is 4. The van der Waals surface area contributed by atoms with E-state index in [9.17, 15) is 14.4 Å². The average Bonchev–Trinajstić information content (AvgIpc) is 2.85. The summed E-state index contributed by atoms with van der Waals surface area (Å²) < 4.78 is 5.06. The smallest absolute Gasteiger partial charge is 0.233 e. The van der Waals surface area contributed by atoms with E-state index in [1.165, 1.54) is 4.90 Å². The Kier molecular flexibility index (Phi) is 4.64. The molecule has 0 bridgehead atoms. The van der Waals surface area contributed by atoms with Gasteiger partial charge in [-0.05, 0) is 37.1 Å². The van der Waals surface area contributed by atoms with Crippen LogP contribution in [0.1, 0.15) is 19.3 Å². The largest absolute Gasteiger partial charge is 0.497 e. The van der Waals surface area contributed by atoms with Crippen LogP contribution in [-0.4, -0.2) is 36.3 Å². The molecule has 3 rings (SSSR count). The minimum atomic E-state index is -0.243. The first-order valence-electron chi connectivity index (χ1n) is 8.04. The summed E-state index contributed by atoms with van der Waals surface area (Å²) in [6, 6.07) is 6.98. The van der Waals surface area contributed by atoms with E-state index in [4.69, 9.17) is 4.74 Å². The van der Waals surface area contributed by atoms with Crippen molar-refractivity contribution in [3.8, 4) is 5.75 Å². The van der Waals surface area contributed by atoms with Crippen LogP contribution in [0.25, 0.3) is 0 Å². The maximum absolute atomic E-state index is 12.3. The SMILES string of the molecule is COc1ccc(NC(=O)CCN2C(=O)[C@H]3CC=CC[C@@H]3C2=O)cc1.